The molecular formula is C17H22O2Si. The van der Waals surface area contributed by atoms with Gasteiger partial charge in [-0.25, -0.2) is 0 Å². The summed E-state index contributed by atoms with van der Waals surface area (Å²) in [6.45, 7) is 0. The summed E-state index contributed by atoms with van der Waals surface area (Å²) in [5, 5.41) is 0. The maximum Gasteiger partial charge on any atom is 0.342 e. The molecule has 0 aromatic heterocycles. The summed E-state index contributed by atoms with van der Waals surface area (Å²) in [4.78, 5) is 0. The van der Waals surface area contributed by atoms with Gasteiger partial charge in [0.2, 0.25) is 0 Å². The summed E-state index contributed by atoms with van der Waals surface area (Å²) in [5.74, 6) is 0. The molecule has 0 aliphatic rings. The molecule has 0 fully saturated rings. The van der Waals surface area contributed by atoms with Crippen LogP contribution in [-0.2, 0) is 21.3 Å². The van der Waals surface area contributed by atoms with Crippen molar-refractivity contribution in [3.63, 3.8) is 0 Å². The van der Waals surface area contributed by atoms with Gasteiger partial charge in [-0.3, -0.25) is 0 Å². The number of rotatable bonds is 7. The average Bonchev–Trinajstić information content (AvgIpc) is 2.53. The Bertz CT molecular complexity index is 495. The third-order valence-corrected chi connectivity index (χ3v) is 7.14. The van der Waals surface area contributed by atoms with Crippen LogP contribution in [0.4, 0.5) is 0 Å². The Hall–Kier alpha value is -1.42. The topological polar surface area (TPSA) is 18.5 Å². The van der Waals surface area contributed by atoms with Crippen LogP contribution in [-0.4, -0.2) is 22.8 Å². The zero-order valence-electron chi connectivity index (χ0n) is 12.2. The van der Waals surface area contributed by atoms with E-state index in [0.29, 0.717) is 0 Å². The zero-order chi connectivity index (χ0) is 14.3. The first-order valence-corrected chi connectivity index (χ1v) is 9.19. The Labute approximate surface area is 122 Å². The molecule has 106 valence electrons. The predicted molar refractivity (Wildman–Crippen MR) is 84.9 cm³/mol. The first-order valence-electron chi connectivity index (χ1n) is 6.96. The molecule has 0 unspecified atom stereocenters. The van der Waals surface area contributed by atoms with Gasteiger partial charge in [0.25, 0.3) is 0 Å². The van der Waals surface area contributed by atoms with Crippen molar-refractivity contribution in [1.82, 2.24) is 0 Å². The van der Waals surface area contributed by atoms with Crippen molar-refractivity contribution in [2.45, 2.75) is 18.5 Å². The second kappa shape index (κ2) is 7.38. The van der Waals surface area contributed by atoms with E-state index in [9.17, 15) is 0 Å². The maximum absolute atomic E-state index is 5.83. The highest BCUT2D eigenvalue weighted by Gasteiger charge is 2.35. The highest BCUT2D eigenvalue weighted by Crippen LogP contribution is 2.21. The fourth-order valence-electron chi connectivity index (χ4n) is 2.41. The quantitative estimate of drug-likeness (QED) is 0.722. The summed E-state index contributed by atoms with van der Waals surface area (Å²) in [7, 11) is 1.40. The first kappa shape index (κ1) is 15.0. The van der Waals surface area contributed by atoms with Crippen molar-refractivity contribution in [3.8, 4) is 0 Å². The molecule has 0 radical (unpaired) electrons. The molecule has 0 bridgehead atoms. The molecule has 0 aliphatic carbocycles. The van der Waals surface area contributed by atoms with Crippen LogP contribution in [0.3, 0.4) is 0 Å². The standard InChI is InChI=1S/C17H22O2Si/c1-18-20(19-2,15-17-11-7-4-8-12-17)14-13-16-9-5-3-6-10-16/h3-12H,13-15H2,1-2H3. The molecular weight excluding hydrogens is 264 g/mol. The van der Waals surface area contributed by atoms with E-state index >= 15 is 0 Å². The lowest BCUT2D eigenvalue weighted by Gasteiger charge is -2.27. The average molecular weight is 286 g/mol. The molecule has 20 heavy (non-hydrogen) atoms. The molecule has 0 amide bonds. The molecule has 0 spiro atoms. The van der Waals surface area contributed by atoms with Gasteiger partial charge < -0.3 is 8.85 Å². The van der Waals surface area contributed by atoms with E-state index in [1.807, 2.05) is 12.1 Å². The van der Waals surface area contributed by atoms with Gasteiger partial charge in [0.15, 0.2) is 0 Å². The normalized spacial score (nSPS) is 11.5. The van der Waals surface area contributed by atoms with Crippen LogP contribution in [0, 0.1) is 0 Å². The Kier molecular flexibility index (Phi) is 5.53. The molecule has 0 saturated heterocycles. The Morgan fingerprint density at radius 3 is 1.75 bits per heavy atom. The summed E-state index contributed by atoms with van der Waals surface area (Å²) >= 11 is 0. The van der Waals surface area contributed by atoms with E-state index < -0.39 is 8.56 Å². The van der Waals surface area contributed by atoms with E-state index in [0.717, 1.165) is 18.5 Å². The lowest BCUT2D eigenvalue weighted by Crippen LogP contribution is -2.43. The van der Waals surface area contributed by atoms with Crippen molar-refractivity contribution < 1.29 is 8.85 Å². The van der Waals surface area contributed by atoms with Gasteiger partial charge >= 0.3 is 8.56 Å². The van der Waals surface area contributed by atoms with Crippen molar-refractivity contribution in [2.24, 2.45) is 0 Å². The van der Waals surface area contributed by atoms with E-state index in [1.165, 1.54) is 11.1 Å². The summed E-state index contributed by atoms with van der Waals surface area (Å²) in [6, 6.07) is 22.8. The van der Waals surface area contributed by atoms with Crippen LogP contribution in [0.1, 0.15) is 11.1 Å². The second-order valence-electron chi connectivity index (χ2n) is 4.97. The Balaban J connectivity index is 2.05. The van der Waals surface area contributed by atoms with Gasteiger partial charge in [0.1, 0.15) is 0 Å². The molecule has 2 rings (SSSR count). The minimum Gasteiger partial charge on any atom is -0.397 e. The van der Waals surface area contributed by atoms with Gasteiger partial charge in [0, 0.05) is 20.3 Å². The number of hydrogen-bond donors (Lipinski definition) is 0. The molecule has 0 N–H and O–H groups in total. The highest BCUT2D eigenvalue weighted by molar-refractivity contribution is 6.66. The van der Waals surface area contributed by atoms with Crippen LogP contribution in [0.5, 0.6) is 0 Å². The zero-order valence-corrected chi connectivity index (χ0v) is 13.2. The lowest BCUT2D eigenvalue weighted by molar-refractivity contribution is 0.240. The molecule has 2 nitrogen and oxygen atoms in total. The molecule has 2 aromatic rings. The first-order chi connectivity index (χ1) is 9.78. The SMILES string of the molecule is CO[Si](CCc1ccccc1)(Cc1ccccc1)OC. The molecule has 2 aromatic carbocycles. The summed E-state index contributed by atoms with van der Waals surface area (Å²) in [5.41, 5.74) is 2.63. The van der Waals surface area contributed by atoms with Gasteiger partial charge in [-0.1, -0.05) is 60.7 Å². The fourth-order valence-corrected chi connectivity index (χ4v) is 4.97. The maximum atomic E-state index is 5.83. The van der Waals surface area contributed by atoms with E-state index in [4.69, 9.17) is 8.85 Å². The summed E-state index contributed by atoms with van der Waals surface area (Å²) in [6.07, 6.45) is 1.00. The van der Waals surface area contributed by atoms with E-state index in [1.54, 1.807) is 14.2 Å². The van der Waals surface area contributed by atoms with Crippen LogP contribution in [0.15, 0.2) is 60.7 Å². The Morgan fingerprint density at radius 2 is 1.25 bits per heavy atom. The number of hydrogen-bond acceptors (Lipinski definition) is 2. The smallest absolute Gasteiger partial charge is 0.342 e. The van der Waals surface area contributed by atoms with E-state index in [2.05, 4.69) is 48.5 Å². The van der Waals surface area contributed by atoms with Gasteiger partial charge in [-0.05, 0) is 23.6 Å². The fraction of sp³-hybridized carbons (Fsp3) is 0.294. The van der Waals surface area contributed by atoms with Crippen molar-refractivity contribution in [3.05, 3.63) is 71.8 Å². The third kappa shape index (κ3) is 4.03. The van der Waals surface area contributed by atoms with Crippen molar-refractivity contribution in [1.29, 1.82) is 0 Å². The number of aryl methyl sites for hydroxylation is 1. The third-order valence-electron chi connectivity index (χ3n) is 3.70. The molecule has 0 aliphatic heterocycles. The lowest BCUT2D eigenvalue weighted by atomic mass is 10.2. The Morgan fingerprint density at radius 1 is 0.750 bits per heavy atom. The van der Waals surface area contributed by atoms with Crippen LogP contribution in [0.25, 0.3) is 0 Å². The largest absolute Gasteiger partial charge is 0.397 e. The molecule has 3 heteroatoms. The molecule has 0 saturated carbocycles. The number of benzene rings is 2. The van der Waals surface area contributed by atoms with Crippen molar-refractivity contribution >= 4 is 8.56 Å². The minimum absolute atomic E-state index is 0.897. The second-order valence-corrected chi connectivity index (χ2v) is 8.46. The summed E-state index contributed by atoms with van der Waals surface area (Å²) < 4.78 is 11.7. The molecule has 0 heterocycles. The van der Waals surface area contributed by atoms with Crippen molar-refractivity contribution in [2.75, 3.05) is 14.2 Å². The van der Waals surface area contributed by atoms with Gasteiger partial charge in [0.05, 0.1) is 0 Å². The van der Waals surface area contributed by atoms with Crippen LogP contribution < -0.4 is 0 Å². The van der Waals surface area contributed by atoms with Crippen LogP contribution >= 0.6 is 0 Å². The molecule has 0 atom stereocenters. The predicted octanol–water partition coefficient (Wildman–Crippen LogP) is 3.75. The van der Waals surface area contributed by atoms with E-state index in [-0.39, 0.29) is 0 Å². The minimum atomic E-state index is -2.17. The highest BCUT2D eigenvalue weighted by atomic mass is 28.4. The van der Waals surface area contributed by atoms with Crippen LogP contribution in [0.2, 0.25) is 6.04 Å². The monoisotopic (exact) mass is 286 g/mol. The van der Waals surface area contributed by atoms with Gasteiger partial charge in [-0.2, -0.15) is 0 Å². The van der Waals surface area contributed by atoms with Gasteiger partial charge in [-0.15, -0.1) is 0 Å².